The third-order valence-corrected chi connectivity index (χ3v) is 5.96. The number of imide groups is 1. The lowest BCUT2D eigenvalue weighted by molar-refractivity contribution is -0.140. The van der Waals surface area contributed by atoms with Crippen LogP contribution >= 0.6 is 0 Å². The Morgan fingerprint density at radius 1 is 1.10 bits per heavy atom. The average molecular weight is 422 g/mol. The first-order valence-electron chi connectivity index (χ1n) is 10.5. The second kappa shape index (κ2) is 8.47. The Morgan fingerprint density at radius 2 is 1.87 bits per heavy atom. The number of hydrogen-bond donors (Lipinski definition) is 1. The first kappa shape index (κ1) is 21.0. The molecule has 0 bridgehead atoms. The van der Waals surface area contributed by atoms with Crippen molar-refractivity contribution < 1.29 is 14.4 Å². The summed E-state index contributed by atoms with van der Waals surface area (Å²) in [4.78, 5) is 47.5. The van der Waals surface area contributed by atoms with E-state index in [4.69, 9.17) is 0 Å². The normalized spacial score (nSPS) is 22.0. The lowest BCUT2D eigenvalue weighted by Gasteiger charge is -2.35. The molecule has 8 heteroatoms. The molecule has 1 aromatic heterocycles. The van der Waals surface area contributed by atoms with E-state index in [1.165, 1.54) is 11.1 Å². The van der Waals surface area contributed by atoms with E-state index in [0.717, 1.165) is 24.5 Å². The number of amides is 4. The van der Waals surface area contributed by atoms with Gasteiger partial charge in [0.25, 0.3) is 5.91 Å². The number of urea groups is 1. The molecule has 0 saturated carbocycles. The topological polar surface area (TPSA) is 85.8 Å². The minimum atomic E-state index is -1.26. The van der Waals surface area contributed by atoms with Crippen LogP contribution in [0.15, 0.2) is 48.7 Å². The van der Waals surface area contributed by atoms with E-state index in [1.807, 2.05) is 0 Å². The fourth-order valence-electron chi connectivity index (χ4n) is 4.13. The molecule has 162 valence electrons. The lowest BCUT2D eigenvalue weighted by atomic mass is 9.97. The Balaban J connectivity index is 1.34. The maximum atomic E-state index is 13.0. The zero-order valence-corrected chi connectivity index (χ0v) is 17.9. The van der Waals surface area contributed by atoms with Crippen LogP contribution in [0.3, 0.4) is 0 Å². The van der Waals surface area contributed by atoms with Gasteiger partial charge in [0.05, 0.1) is 5.69 Å². The molecule has 0 radical (unpaired) electrons. The molecule has 2 aromatic rings. The lowest BCUT2D eigenvalue weighted by Crippen LogP contribution is -2.51. The predicted molar refractivity (Wildman–Crippen MR) is 115 cm³/mol. The van der Waals surface area contributed by atoms with Crippen molar-refractivity contribution in [2.75, 3.05) is 32.7 Å². The molecule has 2 saturated heterocycles. The quantitative estimate of drug-likeness (QED) is 0.740. The van der Waals surface area contributed by atoms with Crippen LogP contribution in [0.2, 0.25) is 0 Å². The van der Waals surface area contributed by atoms with Gasteiger partial charge >= 0.3 is 6.03 Å². The number of nitrogens with one attached hydrogen (secondary N) is 1. The number of nitrogens with zero attached hydrogens (tertiary/aromatic N) is 4. The summed E-state index contributed by atoms with van der Waals surface area (Å²) in [5.74, 6) is -0.674. The SMILES string of the molecule is Cc1cccc(CN2CCN(C(=O)CN3C(=O)NC(C)(c4ccccn4)C3=O)CC2)c1. The number of piperazine rings is 1. The number of aromatic nitrogens is 1. The van der Waals surface area contributed by atoms with E-state index in [-0.39, 0.29) is 12.5 Å². The summed E-state index contributed by atoms with van der Waals surface area (Å²) in [6, 6.07) is 13.1. The molecule has 0 aliphatic carbocycles. The van der Waals surface area contributed by atoms with Crippen LogP contribution in [0.4, 0.5) is 4.79 Å². The van der Waals surface area contributed by atoms with Crippen molar-refractivity contribution in [2.24, 2.45) is 0 Å². The molecule has 1 unspecified atom stereocenters. The summed E-state index contributed by atoms with van der Waals surface area (Å²) < 4.78 is 0. The van der Waals surface area contributed by atoms with Gasteiger partial charge in [-0.15, -0.1) is 0 Å². The van der Waals surface area contributed by atoms with Crippen molar-refractivity contribution in [1.29, 1.82) is 0 Å². The molecule has 2 fully saturated rings. The second-order valence-electron chi connectivity index (χ2n) is 8.31. The standard InChI is InChI=1S/C23H27N5O3/c1-17-6-5-7-18(14-17)15-26-10-12-27(13-11-26)20(29)16-28-21(30)23(2,25-22(28)31)19-8-3-4-9-24-19/h3-9,14H,10-13,15-16H2,1-2H3,(H,25,31). The summed E-state index contributed by atoms with van der Waals surface area (Å²) in [6.07, 6.45) is 1.57. The molecule has 1 N–H and O–H groups in total. The third-order valence-electron chi connectivity index (χ3n) is 5.96. The van der Waals surface area contributed by atoms with Gasteiger partial charge < -0.3 is 10.2 Å². The van der Waals surface area contributed by atoms with E-state index in [2.05, 4.69) is 46.4 Å². The molecule has 2 aliphatic heterocycles. The van der Waals surface area contributed by atoms with Crippen LogP contribution in [0.5, 0.6) is 0 Å². The molecular formula is C23H27N5O3. The van der Waals surface area contributed by atoms with Gasteiger partial charge in [0, 0.05) is 38.9 Å². The van der Waals surface area contributed by atoms with Gasteiger partial charge in [-0.3, -0.25) is 24.4 Å². The summed E-state index contributed by atoms with van der Waals surface area (Å²) in [6.45, 7) is 6.94. The van der Waals surface area contributed by atoms with Crippen LogP contribution in [0, 0.1) is 6.92 Å². The number of pyridine rings is 1. The predicted octanol–water partition coefficient (Wildman–Crippen LogP) is 1.50. The molecule has 31 heavy (non-hydrogen) atoms. The monoisotopic (exact) mass is 421 g/mol. The first-order chi connectivity index (χ1) is 14.9. The minimum absolute atomic E-state index is 0.219. The van der Waals surface area contributed by atoms with E-state index in [1.54, 1.807) is 36.2 Å². The second-order valence-corrected chi connectivity index (χ2v) is 8.31. The molecule has 3 heterocycles. The third kappa shape index (κ3) is 4.29. The fraction of sp³-hybridized carbons (Fsp3) is 0.391. The molecule has 2 aliphatic rings. The van der Waals surface area contributed by atoms with Crippen molar-refractivity contribution in [3.8, 4) is 0 Å². The van der Waals surface area contributed by atoms with E-state index in [0.29, 0.717) is 18.8 Å². The summed E-state index contributed by atoms with van der Waals surface area (Å²) in [7, 11) is 0. The average Bonchev–Trinajstić information content (AvgIpc) is 2.99. The van der Waals surface area contributed by atoms with Gasteiger partial charge in [-0.2, -0.15) is 0 Å². The Morgan fingerprint density at radius 3 is 2.55 bits per heavy atom. The van der Waals surface area contributed by atoms with Crippen molar-refractivity contribution in [3.05, 3.63) is 65.5 Å². The largest absolute Gasteiger partial charge is 0.339 e. The van der Waals surface area contributed by atoms with Crippen LogP contribution in [-0.4, -0.2) is 70.3 Å². The molecule has 1 atom stereocenters. The number of carbonyl (C=O) groups is 3. The Bertz CT molecular complexity index is 988. The number of carbonyl (C=O) groups excluding carboxylic acids is 3. The smallest absolute Gasteiger partial charge is 0.325 e. The molecule has 4 rings (SSSR count). The van der Waals surface area contributed by atoms with Gasteiger partial charge in [0.15, 0.2) is 5.54 Å². The fourth-order valence-corrected chi connectivity index (χ4v) is 4.13. The van der Waals surface area contributed by atoms with Gasteiger partial charge in [0.2, 0.25) is 5.91 Å². The van der Waals surface area contributed by atoms with Gasteiger partial charge in [-0.05, 0) is 31.5 Å². The van der Waals surface area contributed by atoms with Crippen LogP contribution in [0.25, 0.3) is 0 Å². The molecule has 4 amide bonds. The van der Waals surface area contributed by atoms with E-state index in [9.17, 15) is 14.4 Å². The van der Waals surface area contributed by atoms with Crippen LogP contribution in [0.1, 0.15) is 23.7 Å². The van der Waals surface area contributed by atoms with Gasteiger partial charge in [-0.25, -0.2) is 4.79 Å². The first-order valence-corrected chi connectivity index (χ1v) is 10.5. The van der Waals surface area contributed by atoms with Crippen LogP contribution in [-0.2, 0) is 21.7 Å². The van der Waals surface area contributed by atoms with Crippen molar-refractivity contribution >= 4 is 17.8 Å². The van der Waals surface area contributed by atoms with Crippen molar-refractivity contribution in [1.82, 2.24) is 25.0 Å². The van der Waals surface area contributed by atoms with E-state index >= 15 is 0 Å². The highest BCUT2D eigenvalue weighted by molar-refractivity contribution is 6.08. The van der Waals surface area contributed by atoms with Crippen LogP contribution < -0.4 is 5.32 Å². The maximum Gasteiger partial charge on any atom is 0.325 e. The molecule has 8 nitrogen and oxygen atoms in total. The van der Waals surface area contributed by atoms with Crippen molar-refractivity contribution in [2.45, 2.75) is 25.9 Å². The minimum Gasteiger partial charge on any atom is -0.339 e. The van der Waals surface area contributed by atoms with Crippen molar-refractivity contribution in [3.63, 3.8) is 0 Å². The Hall–Kier alpha value is -3.26. The van der Waals surface area contributed by atoms with Gasteiger partial charge in [0.1, 0.15) is 6.54 Å². The zero-order chi connectivity index (χ0) is 22.0. The number of rotatable bonds is 5. The summed E-state index contributed by atoms with van der Waals surface area (Å²) in [5.41, 5.74) is 1.68. The maximum absolute atomic E-state index is 13.0. The molecular weight excluding hydrogens is 394 g/mol. The highest BCUT2D eigenvalue weighted by atomic mass is 16.2. The Labute approximate surface area is 181 Å². The summed E-state index contributed by atoms with van der Waals surface area (Å²) in [5, 5.41) is 2.69. The number of aryl methyl sites for hydroxylation is 1. The Kier molecular flexibility index (Phi) is 5.73. The van der Waals surface area contributed by atoms with Gasteiger partial charge in [-0.1, -0.05) is 35.9 Å². The molecule has 1 aromatic carbocycles. The summed E-state index contributed by atoms with van der Waals surface area (Å²) >= 11 is 0. The highest BCUT2D eigenvalue weighted by Crippen LogP contribution is 2.27. The zero-order valence-electron chi connectivity index (χ0n) is 17.9. The molecule has 0 spiro atoms. The van der Waals surface area contributed by atoms with E-state index < -0.39 is 17.5 Å². The highest BCUT2D eigenvalue weighted by Gasteiger charge is 2.50. The number of hydrogen-bond acceptors (Lipinski definition) is 5. The number of benzene rings is 1.